The molecule has 0 aromatic heterocycles. The van der Waals surface area contributed by atoms with Gasteiger partial charge in [-0.1, -0.05) is 39.8 Å². The molecule has 1 aromatic carbocycles. The van der Waals surface area contributed by atoms with Crippen LogP contribution in [0.25, 0.3) is 0 Å². The van der Waals surface area contributed by atoms with Crippen molar-refractivity contribution in [2.75, 3.05) is 13.2 Å². The Morgan fingerprint density at radius 2 is 1.77 bits per heavy atom. The maximum atomic E-state index is 11.6. The van der Waals surface area contributed by atoms with Crippen LogP contribution in [0.1, 0.15) is 40.2 Å². The lowest BCUT2D eigenvalue weighted by Gasteiger charge is -2.26. The number of carbonyl (C=O) groups is 1. The third-order valence-corrected chi connectivity index (χ3v) is 3.34. The summed E-state index contributed by atoms with van der Waals surface area (Å²) in [4.78, 5) is 11.6. The minimum atomic E-state index is -0.479. The second-order valence-electron chi connectivity index (χ2n) is 6.62. The summed E-state index contributed by atoms with van der Waals surface area (Å²) in [6, 6.07) is 7.58. The van der Waals surface area contributed by atoms with Gasteiger partial charge in [0.2, 0.25) is 5.91 Å². The predicted octanol–water partition coefficient (Wildman–Crippen LogP) is 2.88. The molecule has 1 rings (SSSR count). The molecule has 0 aliphatic rings. The van der Waals surface area contributed by atoms with Crippen molar-refractivity contribution in [3.63, 3.8) is 0 Å². The summed E-state index contributed by atoms with van der Waals surface area (Å²) in [5.41, 5.74) is 6.56. The van der Waals surface area contributed by atoms with E-state index in [1.54, 1.807) is 6.92 Å². The van der Waals surface area contributed by atoms with E-state index in [-0.39, 0.29) is 23.7 Å². The van der Waals surface area contributed by atoms with E-state index in [0.717, 1.165) is 11.3 Å². The summed E-state index contributed by atoms with van der Waals surface area (Å²) in [5.74, 6) is 1.26. The van der Waals surface area contributed by atoms with E-state index in [0.29, 0.717) is 19.1 Å². The smallest absolute Gasteiger partial charge is 0.236 e. The number of rotatable bonds is 7. The molecule has 0 unspecified atom stereocenters. The average molecular weight is 329 g/mol. The van der Waals surface area contributed by atoms with Gasteiger partial charge in [0.25, 0.3) is 0 Å². The number of hydrogen-bond acceptors (Lipinski definition) is 3. The molecule has 1 atom stereocenters. The van der Waals surface area contributed by atoms with Crippen LogP contribution in [-0.4, -0.2) is 25.1 Å². The highest BCUT2D eigenvalue weighted by Gasteiger charge is 2.22. The van der Waals surface area contributed by atoms with Gasteiger partial charge in [0.15, 0.2) is 0 Å². The molecule has 22 heavy (non-hydrogen) atoms. The van der Waals surface area contributed by atoms with Crippen molar-refractivity contribution in [1.82, 2.24) is 5.32 Å². The number of halogens is 1. The summed E-state index contributed by atoms with van der Waals surface area (Å²) >= 11 is 0. The number of nitrogens with two attached hydrogens (primary N) is 1. The monoisotopic (exact) mass is 328 g/mol. The van der Waals surface area contributed by atoms with Gasteiger partial charge < -0.3 is 15.8 Å². The fourth-order valence-corrected chi connectivity index (χ4v) is 1.84. The normalized spacial score (nSPS) is 12.5. The topological polar surface area (TPSA) is 64.3 Å². The molecule has 0 spiro atoms. The van der Waals surface area contributed by atoms with Crippen molar-refractivity contribution >= 4 is 18.3 Å². The molecule has 0 fully saturated rings. The zero-order chi connectivity index (χ0) is 16.0. The van der Waals surface area contributed by atoms with Crippen molar-refractivity contribution in [2.24, 2.45) is 11.7 Å². The lowest BCUT2D eigenvalue weighted by atomic mass is 9.84. The van der Waals surface area contributed by atoms with Crippen molar-refractivity contribution in [3.05, 3.63) is 29.8 Å². The molecule has 3 N–H and O–H groups in total. The van der Waals surface area contributed by atoms with Crippen LogP contribution in [0.3, 0.4) is 0 Å². The van der Waals surface area contributed by atoms with Crippen LogP contribution >= 0.6 is 12.4 Å². The van der Waals surface area contributed by atoms with Gasteiger partial charge in [0, 0.05) is 12.0 Å². The second kappa shape index (κ2) is 9.01. The minimum Gasteiger partial charge on any atom is -0.493 e. The average Bonchev–Trinajstić information content (AvgIpc) is 2.43. The molecule has 0 radical (unpaired) electrons. The molecule has 126 valence electrons. The summed E-state index contributed by atoms with van der Waals surface area (Å²) in [7, 11) is 0. The van der Waals surface area contributed by atoms with Gasteiger partial charge >= 0.3 is 0 Å². The maximum Gasteiger partial charge on any atom is 0.236 e. The molecule has 0 bridgehead atoms. The van der Waals surface area contributed by atoms with E-state index in [4.69, 9.17) is 10.5 Å². The van der Waals surface area contributed by atoms with Crippen LogP contribution < -0.4 is 15.8 Å². The van der Waals surface area contributed by atoms with Crippen LogP contribution in [-0.2, 0) is 10.2 Å². The Labute approximate surface area is 140 Å². The lowest BCUT2D eigenvalue weighted by Crippen LogP contribution is -2.43. The highest BCUT2D eigenvalue weighted by Crippen LogP contribution is 2.24. The summed E-state index contributed by atoms with van der Waals surface area (Å²) in [6.07, 6.45) is 0. The van der Waals surface area contributed by atoms with Crippen molar-refractivity contribution in [1.29, 1.82) is 0 Å². The highest BCUT2D eigenvalue weighted by atomic mass is 35.5. The Bertz CT molecular complexity index is 456. The zero-order valence-corrected chi connectivity index (χ0v) is 15.0. The molecule has 1 aromatic rings. The van der Waals surface area contributed by atoms with Gasteiger partial charge in [-0.05, 0) is 30.5 Å². The van der Waals surface area contributed by atoms with Gasteiger partial charge in [-0.2, -0.15) is 0 Å². The largest absolute Gasteiger partial charge is 0.493 e. The van der Waals surface area contributed by atoms with E-state index in [1.165, 1.54) is 0 Å². The first-order valence-electron chi connectivity index (χ1n) is 7.49. The third kappa shape index (κ3) is 6.67. The van der Waals surface area contributed by atoms with Crippen molar-refractivity contribution in [2.45, 2.75) is 46.1 Å². The van der Waals surface area contributed by atoms with Gasteiger partial charge in [-0.15, -0.1) is 12.4 Å². The van der Waals surface area contributed by atoms with Crippen molar-refractivity contribution in [3.8, 4) is 5.75 Å². The molecular weight excluding hydrogens is 300 g/mol. The molecule has 0 aliphatic carbocycles. The Kier molecular flexibility index (Phi) is 8.49. The summed E-state index contributed by atoms with van der Waals surface area (Å²) in [5, 5.41) is 2.88. The van der Waals surface area contributed by atoms with Crippen LogP contribution in [0.15, 0.2) is 24.3 Å². The molecule has 5 heteroatoms. The fourth-order valence-electron chi connectivity index (χ4n) is 1.84. The fraction of sp³-hybridized carbons (Fsp3) is 0.588. The molecule has 0 aliphatic heterocycles. The van der Waals surface area contributed by atoms with Gasteiger partial charge in [0.1, 0.15) is 5.75 Å². The number of amides is 1. The minimum absolute atomic E-state index is 0. The molecule has 0 saturated carbocycles. The molecule has 0 heterocycles. The van der Waals surface area contributed by atoms with Crippen molar-refractivity contribution < 1.29 is 9.53 Å². The molecular formula is C17H29ClN2O2. The number of carbonyl (C=O) groups excluding carboxylic acids is 1. The van der Waals surface area contributed by atoms with E-state index in [9.17, 15) is 4.79 Å². The Morgan fingerprint density at radius 1 is 1.23 bits per heavy atom. The van der Waals surface area contributed by atoms with E-state index in [1.807, 2.05) is 24.3 Å². The highest BCUT2D eigenvalue weighted by molar-refractivity contribution is 5.85. The maximum absolute atomic E-state index is 11.6. The SMILES string of the molecule is CC(C)COc1ccc(C(C)(C)CNC(=O)[C@@H](C)N)cc1.Cl. The number of nitrogens with one attached hydrogen (secondary N) is 1. The van der Waals surface area contributed by atoms with Crippen LogP contribution in [0.2, 0.25) is 0 Å². The molecule has 1 amide bonds. The Morgan fingerprint density at radius 3 is 2.23 bits per heavy atom. The second-order valence-corrected chi connectivity index (χ2v) is 6.62. The Balaban J connectivity index is 0.00000441. The van der Waals surface area contributed by atoms with Crippen LogP contribution in [0, 0.1) is 5.92 Å². The quantitative estimate of drug-likeness (QED) is 0.809. The molecule has 4 nitrogen and oxygen atoms in total. The van der Waals surface area contributed by atoms with Gasteiger partial charge in [0.05, 0.1) is 12.6 Å². The predicted molar refractivity (Wildman–Crippen MR) is 93.7 cm³/mol. The number of ether oxygens (including phenoxy) is 1. The first-order chi connectivity index (χ1) is 9.72. The van der Waals surface area contributed by atoms with E-state index in [2.05, 4.69) is 33.0 Å². The van der Waals surface area contributed by atoms with Crippen LogP contribution in [0.4, 0.5) is 0 Å². The van der Waals surface area contributed by atoms with Gasteiger partial charge in [-0.3, -0.25) is 4.79 Å². The van der Waals surface area contributed by atoms with E-state index < -0.39 is 6.04 Å². The van der Waals surface area contributed by atoms with Gasteiger partial charge in [-0.25, -0.2) is 0 Å². The first-order valence-corrected chi connectivity index (χ1v) is 7.49. The summed E-state index contributed by atoms with van der Waals surface area (Å²) < 4.78 is 5.68. The first kappa shape index (κ1) is 20.7. The third-order valence-electron chi connectivity index (χ3n) is 3.34. The Hall–Kier alpha value is -1.26. The van der Waals surface area contributed by atoms with E-state index >= 15 is 0 Å². The number of benzene rings is 1. The van der Waals surface area contributed by atoms with Crippen LogP contribution in [0.5, 0.6) is 5.75 Å². The standard InChI is InChI=1S/C17H28N2O2.ClH/c1-12(2)10-21-15-8-6-14(7-9-15)17(4,5)11-19-16(20)13(3)18;/h6-9,12-13H,10-11,18H2,1-5H3,(H,19,20);1H/t13-;/m1./s1. The summed E-state index contributed by atoms with van der Waals surface area (Å²) in [6.45, 7) is 11.4. The number of hydrogen-bond donors (Lipinski definition) is 2. The lowest BCUT2D eigenvalue weighted by molar-refractivity contribution is -0.122. The zero-order valence-electron chi connectivity index (χ0n) is 14.2. The molecule has 0 saturated heterocycles.